The maximum atomic E-state index is 6.20. The predicted molar refractivity (Wildman–Crippen MR) is 95.6 cm³/mol. The van der Waals surface area contributed by atoms with E-state index in [9.17, 15) is 0 Å². The molecule has 1 heterocycles. The number of hydrogen-bond acceptors (Lipinski definition) is 3. The lowest BCUT2D eigenvalue weighted by Crippen LogP contribution is -2.45. The molecule has 4 heteroatoms. The highest BCUT2D eigenvalue weighted by atomic mass is 35.5. The van der Waals surface area contributed by atoms with Crippen molar-refractivity contribution in [1.82, 2.24) is 5.32 Å². The fraction of sp³-hybridized carbons (Fsp3) is 0.444. The number of nitrogens with one attached hydrogen (secondary N) is 1. The first-order valence-electron chi connectivity index (χ1n) is 7.94. The predicted octanol–water partition coefficient (Wildman–Crippen LogP) is 4.33. The van der Waals surface area contributed by atoms with E-state index in [0.29, 0.717) is 12.6 Å². The molecule has 3 N–H and O–H groups in total. The molecule has 0 bridgehead atoms. The molecule has 3 rings (SSSR count). The van der Waals surface area contributed by atoms with Crippen LogP contribution in [0, 0.1) is 0 Å². The van der Waals surface area contributed by atoms with E-state index in [1.165, 1.54) is 23.3 Å². The van der Waals surface area contributed by atoms with Gasteiger partial charge in [0.25, 0.3) is 0 Å². The van der Waals surface area contributed by atoms with Crippen molar-refractivity contribution in [3.8, 4) is 0 Å². The molecule has 0 radical (unpaired) electrons. The largest absolute Gasteiger partial charge is 0.330 e. The lowest BCUT2D eigenvalue weighted by atomic mass is 9.68. The van der Waals surface area contributed by atoms with Crippen LogP contribution in [0.2, 0.25) is 5.02 Å². The highest BCUT2D eigenvalue weighted by Gasteiger charge is 2.36. The van der Waals surface area contributed by atoms with E-state index in [1.54, 1.807) is 0 Å². The summed E-state index contributed by atoms with van der Waals surface area (Å²) in [5.41, 5.74) is 7.57. The Kier molecular flexibility index (Phi) is 5.19. The quantitative estimate of drug-likeness (QED) is 0.854. The monoisotopic (exact) mass is 334 g/mol. The molecule has 1 aromatic carbocycles. The summed E-state index contributed by atoms with van der Waals surface area (Å²) >= 11 is 8.00. The molecule has 0 saturated heterocycles. The summed E-state index contributed by atoms with van der Waals surface area (Å²) in [5, 5.41) is 6.66. The zero-order valence-electron chi connectivity index (χ0n) is 12.7. The van der Waals surface area contributed by atoms with Crippen molar-refractivity contribution in [1.29, 1.82) is 0 Å². The molecule has 1 aliphatic carbocycles. The highest BCUT2D eigenvalue weighted by Crippen LogP contribution is 2.39. The fourth-order valence-corrected chi connectivity index (χ4v) is 4.42. The number of benzene rings is 1. The van der Waals surface area contributed by atoms with Gasteiger partial charge in [-0.15, -0.1) is 11.3 Å². The molecule has 2 aromatic rings. The summed E-state index contributed by atoms with van der Waals surface area (Å²) in [5.74, 6) is 0. The number of rotatable bonds is 5. The van der Waals surface area contributed by atoms with Gasteiger partial charge in [-0.25, -0.2) is 0 Å². The Bertz CT molecular complexity index is 599. The van der Waals surface area contributed by atoms with Crippen molar-refractivity contribution in [3.05, 3.63) is 57.2 Å². The number of thiophene rings is 1. The van der Waals surface area contributed by atoms with Gasteiger partial charge in [0.05, 0.1) is 0 Å². The maximum absolute atomic E-state index is 6.20. The van der Waals surface area contributed by atoms with Crippen LogP contribution in [0.5, 0.6) is 0 Å². The average Bonchev–Trinajstić information content (AvgIpc) is 3.06. The molecular weight excluding hydrogens is 312 g/mol. The van der Waals surface area contributed by atoms with E-state index in [-0.39, 0.29) is 5.41 Å². The van der Waals surface area contributed by atoms with Crippen molar-refractivity contribution >= 4 is 22.9 Å². The zero-order chi connectivity index (χ0) is 15.4. The van der Waals surface area contributed by atoms with Crippen LogP contribution < -0.4 is 11.1 Å². The lowest BCUT2D eigenvalue weighted by molar-refractivity contribution is 0.243. The van der Waals surface area contributed by atoms with Gasteiger partial charge in [-0.05, 0) is 48.4 Å². The van der Waals surface area contributed by atoms with Crippen molar-refractivity contribution in [2.24, 2.45) is 5.73 Å². The van der Waals surface area contributed by atoms with Gasteiger partial charge in [0.15, 0.2) is 0 Å². The van der Waals surface area contributed by atoms with Gasteiger partial charge in [0, 0.05) is 34.4 Å². The van der Waals surface area contributed by atoms with Crippen molar-refractivity contribution in [2.45, 2.75) is 43.7 Å². The topological polar surface area (TPSA) is 38.0 Å². The minimum Gasteiger partial charge on any atom is -0.330 e. The van der Waals surface area contributed by atoms with Gasteiger partial charge in [-0.3, -0.25) is 0 Å². The van der Waals surface area contributed by atoms with Gasteiger partial charge in [-0.1, -0.05) is 36.2 Å². The fourth-order valence-electron chi connectivity index (χ4n) is 3.58. The number of nitrogens with two attached hydrogens (primary N) is 1. The van der Waals surface area contributed by atoms with E-state index in [1.807, 2.05) is 23.5 Å². The Morgan fingerprint density at radius 1 is 1.32 bits per heavy atom. The Morgan fingerprint density at radius 3 is 2.95 bits per heavy atom. The standard InChI is InChI=1S/C18H23ClN2S/c19-15-5-1-4-14(10-15)18(13-20)8-2-6-16(11-18)21-12-17-7-3-9-22-17/h1,3-5,7,9-10,16,21H,2,6,8,11-13,20H2. The molecule has 1 fully saturated rings. The third-order valence-electron chi connectivity index (χ3n) is 4.82. The van der Waals surface area contributed by atoms with Crippen LogP contribution in [0.4, 0.5) is 0 Å². The van der Waals surface area contributed by atoms with Gasteiger partial charge in [0.1, 0.15) is 0 Å². The lowest BCUT2D eigenvalue weighted by Gasteiger charge is -2.41. The van der Waals surface area contributed by atoms with Gasteiger partial charge in [-0.2, -0.15) is 0 Å². The molecule has 1 saturated carbocycles. The maximum Gasteiger partial charge on any atom is 0.0408 e. The third kappa shape index (κ3) is 3.54. The molecule has 1 aliphatic rings. The second kappa shape index (κ2) is 7.14. The summed E-state index contributed by atoms with van der Waals surface area (Å²) in [6.07, 6.45) is 4.69. The molecule has 1 aromatic heterocycles. The normalized spacial score (nSPS) is 25.3. The van der Waals surface area contributed by atoms with Gasteiger partial charge in [0.2, 0.25) is 0 Å². The number of hydrogen-bond donors (Lipinski definition) is 2. The molecule has 2 nitrogen and oxygen atoms in total. The van der Waals surface area contributed by atoms with E-state index in [0.717, 1.165) is 24.4 Å². The molecule has 0 amide bonds. The molecule has 2 unspecified atom stereocenters. The second-order valence-corrected chi connectivity index (χ2v) is 7.72. The summed E-state index contributed by atoms with van der Waals surface area (Å²) in [7, 11) is 0. The van der Waals surface area contributed by atoms with E-state index in [2.05, 4.69) is 35.0 Å². The summed E-state index contributed by atoms with van der Waals surface area (Å²) in [6, 6.07) is 13.1. The van der Waals surface area contributed by atoms with Crippen molar-refractivity contribution in [2.75, 3.05) is 6.54 Å². The van der Waals surface area contributed by atoms with Crippen LogP contribution in [-0.4, -0.2) is 12.6 Å². The third-order valence-corrected chi connectivity index (χ3v) is 5.93. The Labute approximate surface area is 141 Å². The summed E-state index contributed by atoms with van der Waals surface area (Å²) < 4.78 is 0. The highest BCUT2D eigenvalue weighted by molar-refractivity contribution is 7.09. The van der Waals surface area contributed by atoms with Crippen molar-refractivity contribution in [3.63, 3.8) is 0 Å². The minimum absolute atomic E-state index is 0.0657. The molecule has 0 aliphatic heterocycles. The SMILES string of the molecule is NCC1(c2cccc(Cl)c2)CCCC(NCc2cccs2)C1. The first kappa shape index (κ1) is 16.0. The first-order valence-corrected chi connectivity index (χ1v) is 9.19. The Hall–Kier alpha value is -0.870. The first-order chi connectivity index (χ1) is 10.7. The van der Waals surface area contributed by atoms with E-state index in [4.69, 9.17) is 17.3 Å². The summed E-state index contributed by atoms with van der Waals surface area (Å²) in [4.78, 5) is 1.40. The molecule has 118 valence electrons. The van der Waals surface area contributed by atoms with Crippen LogP contribution in [0.15, 0.2) is 41.8 Å². The second-order valence-electron chi connectivity index (χ2n) is 6.25. The Morgan fingerprint density at radius 2 is 2.23 bits per heavy atom. The van der Waals surface area contributed by atoms with E-state index < -0.39 is 0 Å². The molecule has 2 atom stereocenters. The molecular formula is C18H23ClN2S. The minimum atomic E-state index is 0.0657. The molecule has 0 spiro atoms. The van der Waals surface area contributed by atoms with Crippen LogP contribution in [0.25, 0.3) is 0 Å². The van der Waals surface area contributed by atoms with Gasteiger partial charge >= 0.3 is 0 Å². The van der Waals surface area contributed by atoms with E-state index >= 15 is 0 Å². The van der Waals surface area contributed by atoms with Crippen LogP contribution in [0.3, 0.4) is 0 Å². The van der Waals surface area contributed by atoms with Crippen LogP contribution in [-0.2, 0) is 12.0 Å². The Balaban J connectivity index is 1.71. The smallest absolute Gasteiger partial charge is 0.0408 e. The van der Waals surface area contributed by atoms with Crippen LogP contribution in [0.1, 0.15) is 36.1 Å². The van der Waals surface area contributed by atoms with Crippen molar-refractivity contribution < 1.29 is 0 Å². The summed E-state index contributed by atoms with van der Waals surface area (Å²) in [6.45, 7) is 1.64. The van der Waals surface area contributed by atoms with Crippen LogP contribution >= 0.6 is 22.9 Å². The average molecular weight is 335 g/mol. The van der Waals surface area contributed by atoms with Gasteiger partial charge < -0.3 is 11.1 Å². The number of halogens is 1. The zero-order valence-corrected chi connectivity index (χ0v) is 14.3. The molecule has 22 heavy (non-hydrogen) atoms.